The highest BCUT2D eigenvalue weighted by Crippen LogP contribution is 2.23. The third kappa shape index (κ3) is 2.31. The highest BCUT2D eigenvalue weighted by Gasteiger charge is 2.11. The molecule has 1 heterocycles. The molecule has 2 rings (SSSR count). The Labute approximate surface area is 104 Å². The zero-order chi connectivity index (χ0) is 12.4. The number of aliphatic hydroxyl groups excluding tert-OH is 1. The van der Waals surface area contributed by atoms with E-state index in [9.17, 15) is 5.11 Å². The number of benzene rings is 1. The van der Waals surface area contributed by atoms with Crippen molar-refractivity contribution in [1.82, 2.24) is 9.78 Å². The molecule has 1 aromatic heterocycles. The summed E-state index contributed by atoms with van der Waals surface area (Å²) in [6, 6.07) is 7.11. The topological polar surface area (TPSA) is 61.8 Å². The molecule has 1 aromatic carbocycles. The first-order valence-electron chi connectivity index (χ1n) is 5.04. The van der Waals surface area contributed by atoms with Crippen molar-refractivity contribution in [3.05, 3.63) is 46.7 Å². The fraction of sp³-hybridized carbons (Fsp3) is 0.167. The van der Waals surface area contributed by atoms with Gasteiger partial charge in [-0.2, -0.15) is 10.4 Å². The molecule has 0 aliphatic heterocycles. The minimum absolute atomic E-state index is 0.504. The predicted octanol–water partition coefficient (Wildman–Crippen LogP) is 2.45. The van der Waals surface area contributed by atoms with Gasteiger partial charge < -0.3 is 5.11 Å². The first-order chi connectivity index (χ1) is 8.11. The number of aliphatic hydroxyl groups is 1. The zero-order valence-electron chi connectivity index (χ0n) is 9.13. The van der Waals surface area contributed by atoms with Crippen LogP contribution >= 0.6 is 11.6 Å². The van der Waals surface area contributed by atoms with Gasteiger partial charge in [-0.05, 0) is 19.1 Å². The van der Waals surface area contributed by atoms with Crippen molar-refractivity contribution in [2.75, 3.05) is 0 Å². The van der Waals surface area contributed by atoms with Crippen LogP contribution in [0.2, 0.25) is 5.02 Å². The molecule has 0 bridgehead atoms. The molecule has 0 fully saturated rings. The van der Waals surface area contributed by atoms with Crippen molar-refractivity contribution in [2.45, 2.75) is 13.0 Å². The van der Waals surface area contributed by atoms with Crippen LogP contribution in [0, 0.1) is 11.3 Å². The van der Waals surface area contributed by atoms with Gasteiger partial charge in [0.2, 0.25) is 0 Å². The summed E-state index contributed by atoms with van der Waals surface area (Å²) < 4.78 is 1.55. The Balaban J connectivity index is 2.61. The lowest BCUT2D eigenvalue weighted by atomic mass is 10.1. The molecule has 0 radical (unpaired) electrons. The van der Waals surface area contributed by atoms with Crippen LogP contribution in [0.3, 0.4) is 0 Å². The van der Waals surface area contributed by atoms with Crippen molar-refractivity contribution in [3.63, 3.8) is 0 Å². The first kappa shape index (κ1) is 11.6. The van der Waals surface area contributed by atoms with Crippen LogP contribution in [-0.2, 0) is 0 Å². The molecular formula is C12H10ClN3O. The molecule has 0 aliphatic rings. The van der Waals surface area contributed by atoms with Crippen LogP contribution < -0.4 is 0 Å². The van der Waals surface area contributed by atoms with Gasteiger partial charge in [-0.15, -0.1) is 0 Å². The lowest BCUT2D eigenvalue weighted by Crippen LogP contribution is -2.03. The largest absolute Gasteiger partial charge is 0.389 e. The Kier molecular flexibility index (Phi) is 3.14. The zero-order valence-corrected chi connectivity index (χ0v) is 9.89. The molecule has 0 saturated carbocycles. The highest BCUT2D eigenvalue weighted by atomic mass is 35.5. The second kappa shape index (κ2) is 4.58. The summed E-state index contributed by atoms with van der Waals surface area (Å²) in [5, 5.41) is 23.1. The van der Waals surface area contributed by atoms with E-state index in [1.165, 1.54) is 6.20 Å². The quantitative estimate of drug-likeness (QED) is 0.887. The first-order valence-corrected chi connectivity index (χ1v) is 5.42. The number of rotatable bonds is 2. The second-order valence-electron chi connectivity index (χ2n) is 3.66. The normalized spacial score (nSPS) is 12.1. The van der Waals surface area contributed by atoms with Gasteiger partial charge in [0.1, 0.15) is 0 Å². The standard InChI is InChI=1S/C12H10ClN3O/c1-8(17)11-3-2-9(5-14)4-12(11)16-7-10(13)6-15-16/h2-4,6-8,17H,1H3. The van der Waals surface area contributed by atoms with Crippen LogP contribution in [-0.4, -0.2) is 14.9 Å². The van der Waals surface area contributed by atoms with Gasteiger partial charge in [0.15, 0.2) is 0 Å². The maximum Gasteiger partial charge on any atom is 0.0992 e. The van der Waals surface area contributed by atoms with Crippen molar-refractivity contribution in [3.8, 4) is 11.8 Å². The average Bonchev–Trinajstić information content (AvgIpc) is 2.75. The third-order valence-electron chi connectivity index (χ3n) is 2.41. The van der Waals surface area contributed by atoms with Crippen LogP contribution in [0.4, 0.5) is 0 Å². The van der Waals surface area contributed by atoms with E-state index in [2.05, 4.69) is 11.2 Å². The molecule has 0 spiro atoms. The molecule has 1 unspecified atom stereocenters. The van der Waals surface area contributed by atoms with Gasteiger partial charge in [-0.25, -0.2) is 4.68 Å². The fourth-order valence-corrected chi connectivity index (χ4v) is 1.73. The van der Waals surface area contributed by atoms with Gasteiger partial charge in [-0.1, -0.05) is 17.7 Å². The molecule has 0 amide bonds. The summed E-state index contributed by atoms with van der Waals surface area (Å²) in [5.41, 5.74) is 1.87. The molecule has 0 aliphatic carbocycles. The van der Waals surface area contributed by atoms with Crippen molar-refractivity contribution < 1.29 is 5.11 Å². The summed E-state index contributed by atoms with van der Waals surface area (Å²) in [4.78, 5) is 0. The maximum atomic E-state index is 9.68. The number of halogens is 1. The Hall–Kier alpha value is -1.83. The summed E-state index contributed by atoms with van der Waals surface area (Å²) in [6.45, 7) is 1.66. The smallest absolute Gasteiger partial charge is 0.0992 e. The monoisotopic (exact) mass is 247 g/mol. The van der Waals surface area contributed by atoms with E-state index in [0.717, 1.165) is 0 Å². The van der Waals surface area contributed by atoms with E-state index in [-0.39, 0.29) is 0 Å². The van der Waals surface area contributed by atoms with Crippen LogP contribution in [0.25, 0.3) is 5.69 Å². The highest BCUT2D eigenvalue weighted by molar-refractivity contribution is 6.30. The Bertz CT molecular complexity index is 584. The van der Waals surface area contributed by atoms with E-state index in [1.807, 2.05) is 0 Å². The van der Waals surface area contributed by atoms with Crippen molar-refractivity contribution in [2.24, 2.45) is 0 Å². The summed E-state index contributed by atoms with van der Waals surface area (Å²) >= 11 is 5.81. The minimum atomic E-state index is -0.638. The molecule has 4 nitrogen and oxygen atoms in total. The summed E-state index contributed by atoms with van der Waals surface area (Å²) in [7, 11) is 0. The summed E-state index contributed by atoms with van der Waals surface area (Å²) in [5.74, 6) is 0. The third-order valence-corrected chi connectivity index (χ3v) is 2.60. The minimum Gasteiger partial charge on any atom is -0.389 e. The van der Waals surface area contributed by atoms with Gasteiger partial charge in [-0.3, -0.25) is 0 Å². The number of hydrogen-bond acceptors (Lipinski definition) is 3. The van der Waals surface area contributed by atoms with E-state index >= 15 is 0 Å². The molecule has 5 heteroatoms. The van der Waals surface area contributed by atoms with Crippen molar-refractivity contribution in [1.29, 1.82) is 5.26 Å². The van der Waals surface area contributed by atoms with Crippen LogP contribution in [0.1, 0.15) is 24.2 Å². The van der Waals surface area contributed by atoms with E-state index < -0.39 is 6.10 Å². The summed E-state index contributed by atoms with van der Waals surface area (Å²) in [6.07, 6.45) is 2.50. The average molecular weight is 248 g/mol. The lowest BCUT2D eigenvalue weighted by molar-refractivity contribution is 0.199. The molecule has 86 valence electrons. The van der Waals surface area contributed by atoms with E-state index in [4.69, 9.17) is 16.9 Å². The Morgan fingerprint density at radius 3 is 2.82 bits per heavy atom. The lowest BCUT2D eigenvalue weighted by Gasteiger charge is -2.12. The van der Waals surface area contributed by atoms with Gasteiger partial charge in [0, 0.05) is 11.8 Å². The molecule has 2 aromatic rings. The molecule has 17 heavy (non-hydrogen) atoms. The van der Waals surface area contributed by atoms with Gasteiger partial charge >= 0.3 is 0 Å². The number of aromatic nitrogens is 2. The Morgan fingerprint density at radius 2 is 2.29 bits per heavy atom. The number of nitriles is 1. The second-order valence-corrected chi connectivity index (χ2v) is 4.10. The number of nitrogens with zero attached hydrogens (tertiary/aromatic N) is 3. The fourth-order valence-electron chi connectivity index (χ4n) is 1.60. The predicted molar refractivity (Wildman–Crippen MR) is 63.9 cm³/mol. The maximum absolute atomic E-state index is 9.68. The molecule has 1 N–H and O–H groups in total. The number of hydrogen-bond donors (Lipinski definition) is 1. The van der Waals surface area contributed by atoms with Crippen LogP contribution in [0.15, 0.2) is 30.6 Å². The van der Waals surface area contributed by atoms with Gasteiger partial charge in [0.05, 0.1) is 34.6 Å². The van der Waals surface area contributed by atoms with E-state index in [0.29, 0.717) is 21.8 Å². The van der Waals surface area contributed by atoms with Crippen molar-refractivity contribution >= 4 is 11.6 Å². The van der Waals surface area contributed by atoms with E-state index in [1.54, 1.807) is 36.0 Å². The van der Waals surface area contributed by atoms with Gasteiger partial charge in [0.25, 0.3) is 0 Å². The molecule has 1 atom stereocenters. The molecule has 0 saturated heterocycles. The Morgan fingerprint density at radius 1 is 1.53 bits per heavy atom. The SMILES string of the molecule is CC(O)c1ccc(C#N)cc1-n1cc(Cl)cn1. The molecular weight excluding hydrogens is 238 g/mol. The van der Waals surface area contributed by atoms with Crippen LogP contribution in [0.5, 0.6) is 0 Å².